The third-order valence-electron chi connectivity index (χ3n) is 6.34. The first kappa shape index (κ1) is 29.4. The minimum absolute atomic E-state index is 0.0134. The molecule has 0 aliphatic carbocycles. The van der Waals surface area contributed by atoms with Gasteiger partial charge < -0.3 is 14.0 Å². The molecule has 0 radical (unpaired) electrons. The number of sulfonamides is 1. The summed E-state index contributed by atoms with van der Waals surface area (Å²) in [7, 11) is -5.72. The fourth-order valence-corrected chi connectivity index (χ4v) is 5.81. The molecule has 1 atom stereocenters. The Morgan fingerprint density at radius 2 is 1.97 bits per heavy atom. The van der Waals surface area contributed by atoms with Crippen molar-refractivity contribution in [3.63, 3.8) is 0 Å². The molecule has 13 heteroatoms. The van der Waals surface area contributed by atoms with Gasteiger partial charge in [0, 0.05) is 36.2 Å². The lowest BCUT2D eigenvalue weighted by atomic mass is 10.1. The van der Waals surface area contributed by atoms with Crippen molar-refractivity contribution in [1.29, 1.82) is 0 Å². The van der Waals surface area contributed by atoms with Crippen LogP contribution in [0.25, 0.3) is 0 Å². The van der Waals surface area contributed by atoms with Crippen LogP contribution in [0.15, 0.2) is 40.5 Å². The van der Waals surface area contributed by atoms with Crippen LogP contribution in [0.2, 0.25) is 18.1 Å². The van der Waals surface area contributed by atoms with Gasteiger partial charge in [-0.05, 0) is 37.2 Å². The highest BCUT2D eigenvalue weighted by Crippen LogP contribution is 2.36. The number of aryl methyl sites for hydroxylation is 1. The molecule has 37 heavy (non-hydrogen) atoms. The Labute approximate surface area is 224 Å². The number of benzene rings is 1. The van der Waals surface area contributed by atoms with Crippen molar-refractivity contribution in [2.45, 2.75) is 63.2 Å². The van der Waals surface area contributed by atoms with E-state index in [0.717, 1.165) is 4.88 Å². The summed E-state index contributed by atoms with van der Waals surface area (Å²) in [4.78, 5) is 23.7. The summed E-state index contributed by atoms with van der Waals surface area (Å²) < 4.78 is 39.5. The van der Waals surface area contributed by atoms with E-state index in [0.29, 0.717) is 36.9 Å². The average molecular weight is 569 g/mol. The van der Waals surface area contributed by atoms with Gasteiger partial charge in [-0.2, -0.15) is 0 Å². The number of oxime groups is 1. The summed E-state index contributed by atoms with van der Waals surface area (Å²) in [6, 6.07) is 5.92. The van der Waals surface area contributed by atoms with Crippen LogP contribution in [0.5, 0.6) is 0 Å². The Balaban J connectivity index is 1.70. The maximum atomic E-state index is 13.0. The van der Waals surface area contributed by atoms with Gasteiger partial charge in [-0.25, -0.2) is 18.1 Å². The minimum Gasteiger partial charge on any atom is -0.415 e. The van der Waals surface area contributed by atoms with Crippen molar-refractivity contribution in [2.24, 2.45) is 5.16 Å². The normalized spacial score (nSPS) is 17.1. The van der Waals surface area contributed by atoms with Gasteiger partial charge in [0.25, 0.3) is 5.91 Å². The molecule has 204 valence electrons. The highest BCUT2D eigenvalue weighted by Gasteiger charge is 2.37. The van der Waals surface area contributed by atoms with E-state index in [9.17, 15) is 13.2 Å². The second-order valence-electron chi connectivity index (χ2n) is 10.3. The molecule has 2 aromatic rings. The second-order valence-corrected chi connectivity index (χ2v) is 18.1. The zero-order valence-electron chi connectivity index (χ0n) is 22.2. The molecule has 2 N–H and O–H groups in total. The molecule has 1 amide bonds. The van der Waals surface area contributed by atoms with Crippen LogP contribution < -0.4 is 10.0 Å². The third kappa shape index (κ3) is 8.16. The summed E-state index contributed by atoms with van der Waals surface area (Å²) in [5.74, 6) is -0.509. The standard InChI is InChI=1S/C24H36N4O6S2Si/c1-17-15-25-23(35-17)27-22(29)21(28-34-19-11-13-32-16-19)18-7-9-20(10-8-18)36(30,31)26-12-14-33-37(5,6)24(2,3)4/h7-10,15,19,26H,11-14,16H2,1-6H3,(H,25,27,29)/t19-/m1/s1. The Bertz CT molecular complexity index is 1200. The number of nitrogens with one attached hydrogen (secondary N) is 2. The molecule has 2 heterocycles. The van der Waals surface area contributed by atoms with E-state index in [1.807, 2.05) is 6.92 Å². The van der Waals surface area contributed by atoms with Gasteiger partial charge in [-0.3, -0.25) is 10.1 Å². The van der Waals surface area contributed by atoms with Crippen molar-refractivity contribution >= 4 is 46.4 Å². The van der Waals surface area contributed by atoms with Gasteiger partial charge in [0.05, 0.1) is 18.1 Å². The highest BCUT2D eigenvalue weighted by atomic mass is 32.2. The molecule has 1 saturated heterocycles. The van der Waals surface area contributed by atoms with Crippen molar-refractivity contribution in [3.8, 4) is 0 Å². The lowest BCUT2D eigenvalue weighted by Gasteiger charge is -2.36. The molecule has 1 aromatic heterocycles. The summed E-state index contributed by atoms with van der Waals surface area (Å²) in [5.41, 5.74) is 0.421. The second kappa shape index (κ2) is 12.1. The molecular formula is C24H36N4O6S2Si. The fraction of sp³-hybridized carbons (Fsp3) is 0.542. The number of ether oxygens (including phenoxy) is 1. The number of hydrogen-bond acceptors (Lipinski definition) is 9. The van der Waals surface area contributed by atoms with E-state index in [1.165, 1.54) is 35.6 Å². The maximum Gasteiger partial charge on any atom is 0.280 e. The number of hydrogen-bond donors (Lipinski definition) is 2. The molecule has 0 bridgehead atoms. The summed E-state index contributed by atoms with van der Waals surface area (Å²) in [5, 5.41) is 7.30. The molecule has 1 aliphatic rings. The lowest BCUT2D eigenvalue weighted by molar-refractivity contribution is -0.110. The molecule has 0 unspecified atom stereocenters. The predicted octanol–water partition coefficient (Wildman–Crippen LogP) is 3.90. The number of carbonyl (C=O) groups excluding carboxylic acids is 1. The first-order valence-electron chi connectivity index (χ1n) is 12.1. The van der Waals surface area contributed by atoms with Crippen LogP contribution in [-0.4, -0.2) is 65.8 Å². The van der Waals surface area contributed by atoms with Gasteiger partial charge in [-0.1, -0.05) is 38.1 Å². The highest BCUT2D eigenvalue weighted by molar-refractivity contribution is 7.89. The molecule has 0 saturated carbocycles. The molecule has 1 aromatic carbocycles. The Morgan fingerprint density at radius 3 is 2.54 bits per heavy atom. The van der Waals surface area contributed by atoms with Crippen LogP contribution >= 0.6 is 11.3 Å². The van der Waals surface area contributed by atoms with Gasteiger partial charge in [0.1, 0.15) is 0 Å². The number of thiazole rings is 1. The van der Waals surface area contributed by atoms with Crippen LogP contribution in [0.3, 0.4) is 0 Å². The zero-order valence-corrected chi connectivity index (χ0v) is 24.8. The molecule has 1 aliphatic heterocycles. The molecule has 3 rings (SSSR count). The van der Waals surface area contributed by atoms with Gasteiger partial charge in [0.15, 0.2) is 25.3 Å². The summed E-state index contributed by atoms with van der Waals surface area (Å²) >= 11 is 1.34. The summed E-state index contributed by atoms with van der Waals surface area (Å²) in [6.07, 6.45) is 2.08. The van der Waals surface area contributed by atoms with Crippen LogP contribution in [0.1, 0.15) is 37.6 Å². The number of rotatable bonds is 11. The van der Waals surface area contributed by atoms with E-state index < -0.39 is 24.2 Å². The maximum absolute atomic E-state index is 13.0. The van der Waals surface area contributed by atoms with Gasteiger partial charge in [-0.15, -0.1) is 11.3 Å². The number of anilines is 1. The van der Waals surface area contributed by atoms with Gasteiger partial charge in [0.2, 0.25) is 10.0 Å². The predicted molar refractivity (Wildman–Crippen MR) is 147 cm³/mol. The Hall–Kier alpha value is -2.16. The first-order valence-corrected chi connectivity index (χ1v) is 17.3. The lowest BCUT2D eigenvalue weighted by Crippen LogP contribution is -2.42. The Morgan fingerprint density at radius 1 is 1.27 bits per heavy atom. The average Bonchev–Trinajstić information content (AvgIpc) is 3.48. The number of nitrogens with zero attached hydrogens (tertiary/aromatic N) is 2. The topological polar surface area (TPSA) is 128 Å². The molecule has 1 fully saturated rings. The van der Waals surface area contributed by atoms with E-state index in [2.05, 4.69) is 54.0 Å². The SMILES string of the molecule is Cc1cnc(NC(=O)C(=NO[C@@H]2CCOC2)c2ccc(S(=O)(=O)NCCO[Si](C)(C)C(C)(C)C)cc2)s1. The molecular weight excluding hydrogens is 533 g/mol. The number of amides is 1. The quantitative estimate of drug-likeness (QED) is 0.182. The Kier molecular flexibility index (Phi) is 9.64. The monoisotopic (exact) mass is 568 g/mol. The van der Waals surface area contributed by atoms with Crippen LogP contribution in [-0.2, 0) is 28.8 Å². The molecule has 0 spiro atoms. The van der Waals surface area contributed by atoms with E-state index in [-0.39, 0.29) is 28.3 Å². The minimum atomic E-state index is -3.76. The van der Waals surface area contributed by atoms with Crippen molar-refractivity contribution in [2.75, 3.05) is 31.7 Å². The third-order valence-corrected chi connectivity index (χ3v) is 13.2. The number of carbonyl (C=O) groups is 1. The van der Waals surface area contributed by atoms with Crippen molar-refractivity contribution in [1.82, 2.24) is 9.71 Å². The fourth-order valence-electron chi connectivity index (χ4n) is 3.09. The van der Waals surface area contributed by atoms with Crippen molar-refractivity contribution < 1.29 is 27.2 Å². The molecule has 10 nitrogen and oxygen atoms in total. The zero-order chi connectivity index (χ0) is 27.3. The summed E-state index contributed by atoms with van der Waals surface area (Å²) in [6.45, 7) is 13.9. The van der Waals surface area contributed by atoms with E-state index >= 15 is 0 Å². The van der Waals surface area contributed by atoms with E-state index in [4.69, 9.17) is 14.0 Å². The number of aromatic nitrogens is 1. The first-order chi connectivity index (χ1) is 17.3. The van der Waals surface area contributed by atoms with Gasteiger partial charge >= 0.3 is 0 Å². The van der Waals surface area contributed by atoms with E-state index in [1.54, 1.807) is 6.20 Å². The van der Waals surface area contributed by atoms with Crippen molar-refractivity contribution in [3.05, 3.63) is 40.9 Å². The largest absolute Gasteiger partial charge is 0.415 e. The van der Waals surface area contributed by atoms with Crippen LogP contribution in [0.4, 0.5) is 5.13 Å². The smallest absolute Gasteiger partial charge is 0.280 e. The van der Waals surface area contributed by atoms with Crippen LogP contribution in [0, 0.1) is 6.92 Å².